The monoisotopic (exact) mass is 406 g/mol. The second-order valence-electron chi connectivity index (χ2n) is 9.71. The maximum absolute atomic E-state index is 9.08. The van der Waals surface area contributed by atoms with E-state index in [1.807, 2.05) is 0 Å². The molecule has 5 nitrogen and oxygen atoms in total. The predicted octanol–water partition coefficient (Wildman–Crippen LogP) is 3.44. The van der Waals surface area contributed by atoms with Crippen LogP contribution in [0.25, 0.3) is 0 Å². The number of nitrogens with zero attached hydrogens (tertiary/aromatic N) is 2. The van der Waals surface area contributed by atoms with Crippen LogP contribution < -0.4 is 9.47 Å². The van der Waals surface area contributed by atoms with Crippen LogP contribution in [-0.2, 0) is 15.7 Å². The first-order valence-corrected chi connectivity index (χ1v) is 12.8. The average Bonchev–Trinajstić information content (AvgIpc) is 2.89. The van der Waals surface area contributed by atoms with Gasteiger partial charge >= 0.3 is 0 Å². The number of hydrogen-bond acceptors (Lipinski definition) is 4. The lowest BCUT2D eigenvalue weighted by atomic mass is 9.53. The van der Waals surface area contributed by atoms with Crippen LogP contribution in [0.4, 0.5) is 5.69 Å². The molecule has 1 aromatic heterocycles. The highest BCUT2D eigenvalue weighted by molar-refractivity contribution is 7.84. The summed E-state index contributed by atoms with van der Waals surface area (Å²) < 4.78 is 29.9. The maximum atomic E-state index is 9.08. The van der Waals surface area contributed by atoms with Crippen LogP contribution in [0.3, 0.4) is 0 Å². The number of aromatic nitrogens is 1. The molecule has 4 aliphatic carbocycles. The lowest BCUT2D eigenvalue weighted by Gasteiger charge is -2.53. The molecular formula is C22H34N2O3S. The summed E-state index contributed by atoms with van der Waals surface area (Å²) in [7, 11) is -3.92. The molecule has 1 aliphatic heterocycles. The molecule has 0 spiro atoms. The predicted molar refractivity (Wildman–Crippen MR) is 109 cm³/mol. The highest BCUT2D eigenvalue weighted by Crippen LogP contribution is 2.56. The quantitative estimate of drug-likeness (QED) is 0.557. The van der Waals surface area contributed by atoms with Gasteiger partial charge in [0.15, 0.2) is 17.9 Å². The van der Waals surface area contributed by atoms with Gasteiger partial charge in [0.1, 0.15) is 0 Å². The molecule has 0 atom stereocenters. The van der Waals surface area contributed by atoms with E-state index in [1.165, 1.54) is 83.0 Å². The van der Waals surface area contributed by atoms with E-state index in [4.69, 9.17) is 13.0 Å². The maximum Gasteiger partial charge on any atom is 0.171 e. The van der Waals surface area contributed by atoms with Crippen LogP contribution in [0.2, 0.25) is 0 Å². The zero-order chi connectivity index (χ0) is 19.8. The minimum absolute atomic E-state index is 0.478. The van der Waals surface area contributed by atoms with Crippen molar-refractivity contribution in [2.24, 2.45) is 17.8 Å². The van der Waals surface area contributed by atoms with E-state index in [0.29, 0.717) is 11.8 Å². The summed E-state index contributed by atoms with van der Waals surface area (Å²) in [4.78, 5) is 2.61. The van der Waals surface area contributed by atoms with Gasteiger partial charge in [-0.3, -0.25) is 0 Å². The third-order valence-electron chi connectivity index (χ3n) is 7.34. The van der Waals surface area contributed by atoms with Gasteiger partial charge in [0.25, 0.3) is 0 Å². The van der Waals surface area contributed by atoms with Gasteiger partial charge in [-0.05, 0) is 49.9 Å². The van der Waals surface area contributed by atoms with Crippen molar-refractivity contribution in [1.82, 2.24) is 0 Å². The number of rotatable bonds is 2. The molecule has 0 unspecified atom stereocenters. The molecule has 0 aromatic carbocycles. The molecule has 1 saturated heterocycles. The Bertz CT molecular complexity index is 724. The minimum Gasteiger partial charge on any atom is -0.748 e. The molecule has 4 saturated carbocycles. The lowest BCUT2D eigenvalue weighted by Crippen LogP contribution is -2.64. The Kier molecular flexibility index (Phi) is 5.71. The average molecular weight is 407 g/mol. The first-order valence-electron chi connectivity index (χ1n) is 11.0. The molecule has 2 heterocycles. The Morgan fingerprint density at radius 1 is 0.929 bits per heavy atom. The van der Waals surface area contributed by atoms with E-state index in [2.05, 4.69) is 34.0 Å². The van der Waals surface area contributed by atoms with Gasteiger partial charge in [0.05, 0.1) is 10.1 Å². The van der Waals surface area contributed by atoms with Crippen molar-refractivity contribution < 1.29 is 17.5 Å². The number of pyridine rings is 1. The second-order valence-corrected chi connectivity index (χ2v) is 11.1. The van der Waals surface area contributed by atoms with Crippen molar-refractivity contribution in [3.8, 4) is 0 Å². The summed E-state index contributed by atoms with van der Waals surface area (Å²) in [5, 5.41) is 0. The Morgan fingerprint density at radius 2 is 1.36 bits per heavy atom. The minimum atomic E-state index is -3.92. The smallest absolute Gasteiger partial charge is 0.171 e. The topological polar surface area (TPSA) is 64.3 Å². The normalized spacial score (nSPS) is 34.5. The van der Waals surface area contributed by atoms with E-state index >= 15 is 0 Å². The van der Waals surface area contributed by atoms with Gasteiger partial charge < -0.3 is 9.45 Å². The summed E-state index contributed by atoms with van der Waals surface area (Å²) in [6.45, 7) is 2.50. The van der Waals surface area contributed by atoms with Crippen LogP contribution in [0.5, 0.6) is 0 Å². The second kappa shape index (κ2) is 7.94. The standard InChI is InChI=1S/C21H31N2.CH4O3S/c1-2-4-8-22(7-3-1)20-5-9-23(10-6-20)21-14-17-11-18(15-21)13-19(12-17)16-21;1-5(2,3)4/h5-6,9-10,17-19H,1-4,7-8,11-16H2;1H3,(H,2,3,4)/q+1;/p-1. The molecule has 0 amide bonds. The highest BCUT2D eigenvalue weighted by atomic mass is 32.2. The van der Waals surface area contributed by atoms with E-state index in [-0.39, 0.29) is 0 Å². The largest absolute Gasteiger partial charge is 0.748 e. The summed E-state index contributed by atoms with van der Waals surface area (Å²) in [5.74, 6) is 3.08. The number of hydrogen-bond donors (Lipinski definition) is 0. The van der Waals surface area contributed by atoms with Crippen LogP contribution in [0, 0.1) is 17.8 Å². The summed E-state index contributed by atoms with van der Waals surface area (Å²) >= 11 is 0. The molecule has 1 aromatic rings. The zero-order valence-corrected chi connectivity index (χ0v) is 17.9. The Hall–Kier alpha value is -1.14. The van der Waals surface area contributed by atoms with Crippen molar-refractivity contribution in [3.05, 3.63) is 24.5 Å². The number of anilines is 1. The van der Waals surface area contributed by atoms with Gasteiger partial charge in [-0.25, -0.2) is 8.42 Å². The molecule has 4 bridgehead atoms. The molecular weight excluding hydrogens is 372 g/mol. The first kappa shape index (κ1) is 20.1. The van der Waals surface area contributed by atoms with Crippen molar-refractivity contribution in [3.63, 3.8) is 0 Å². The van der Waals surface area contributed by atoms with Crippen molar-refractivity contribution >= 4 is 15.8 Å². The fourth-order valence-corrected chi connectivity index (χ4v) is 6.66. The van der Waals surface area contributed by atoms with E-state index in [9.17, 15) is 0 Å². The van der Waals surface area contributed by atoms with Crippen molar-refractivity contribution in [1.29, 1.82) is 0 Å². The highest BCUT2D eigenvalue weighted by Gasteiger charge is 2.56. The zero-order valence-electron chi connectivity index (χ0n) is 17.1. The van der Waals surface area contributed by atoms with Gasteiger partial charge in [-0.15, -0.1) is 0 Å². The fourth-order valence-electron chi connectivity index (χ4n) is 6.66. The molecule has 5 aliphatic rings. The van der Waals surface area contributed by atoms with Gasteiger partial charge in [0.2, 0.25) is 0 Å². The summed E-state index contributed by atoms with van der Waals surface area (Å²) in [6, 6.07) is 4.81. The fraction of sp³-hybridized carbons (Fsp3) is 0.773. The SMILES string of the molecule is CS(=O)(=O)[O-].c1c[n+](C23CC4CC(CC(C4)C2)C3)ccc1N1CCCCCC1. The Balaban J connectivity index is 0.000000346. The third-order valence-corrected chi connectivity index (χ3v) is 7.34. The van der Waals surface area contributed by atoms with Gasteiger partial charge in [0, 0.05) is 56.4 Å². The van der Waals surface area contributed by atoms with Crippen LogP contribution >= 0.6 is 0 Å². The van der Waals surface area contributed by atoms with Crippen LogP contribution in [0.1, 0.15) is 64.2 Å². The Labute approximate surface area is 169 Å². The first-order chi connectivity index (χ1) is 13.3. The van der Waals surface area contributed by atoms with Gasteiger partial charge in [-0.2, -0.15) is 4.57 Å². The molecule has 28 heavy (non-hydrogen) atoms. The molecule has 5 fully saturated rings. The van der Waals surface area contributed by atoms with Crippen LogP contribution in [-0.4, -0.2) is 32.3 Å². The van der Waals surface area contributed by atoms with Gasteiger partial charge in [-0.1, -0.05) is 12.8 Å². The molecule has 6 heteroatoms. The molecule has 0 N–H and O–H groups in total. The van der Waals surface area contributed by atoms with E-state index in [1.54, 1.807) is 0 Å². The summed E-state index contributed by atoms with van der Waals surface area (Å²) in [6.07, 6.45) is 20.0. The van der Waals surface area contributed by atoms with E-state index < -0.39 is 10.1 Å². The lowest BCUT2D eigenvalue weighted by molar-refractivity contribution is -0.776. The third kappa shape index (κ3) is 4.70. The van der Waals surface area contributed by atoms with Crippen LogP contribution in [0.15, 0.2) is 24.5 Å². The van der Waals surface area contributed by atoms with Crippen molar-refractivity contribution in [2.75, 3.05) is 24.2 Å². The van der Waals surface area contributed by atoms with Crippen molar-refractivity contribution in [2.45, 2.75) is 69.7 Å². The molecule has 6 rings (SSSR count). The molecule has 0 radical (unpaired) electrons. The van der Waals surface area contributed by atoms with E-state index in [0.717, 1.165) is 17.8 Å². The summed E-state index contributed by atoms with van der Waals surface area (Å²) in [5.41, 5.74) is 1.93. The molecule has 156 valence electrons. The Morgan fingerprint density at radius 3 is 1.79 bits per heavy atom.